The maximum absolute atomic E-state index is 8.34. The number of unbranched alkanes of at least 4 members (excludes halogenated alkanes) is 3. The molecule has 1 rings (SSSR count). The minimum absolute atomic E-state index is 0.713. The molecule has 1 aromatic rings. The van der Waals surface area contributed by atoms with Crippen molar-refractivity contribution in [3.63, 3.8) is 0 Å². The minimum Gasteiger partial charge on any atom is -0.377 e. The van der Waals surface area contributed by atoms with Crippen molar-refractivity contribution in [1.29, 1.82) is 5.26 Å². The van der Waals surface area contributed by atoms with E-state index >= 15 is 0 Å². The molecule has 0 aliphatic carbocycles. The van der Waals surface area contributed by atoms with Crippen LogP contribution >= 0.6 is 11.8 Å². The molecule has 0 unspecified atom stereocenters. The Hall–Kier alpha value is -0.980. The number of thiocyanates is 1. The Kier molecular flexibility index (Phi) is 8.44. The molecule has 0 atom stereocenters. The van der Waals surface area contributed by atoms with Gasteiger partial charge in [-0.3, -0.25) is 0 Å². The first-order valence-electron chi connectivity index (χ1n) is 6.06. The lowest BCUT2D eigenvalue weighted by molar-refractivity contribution is 0.117. The Bertz CT molecular complexity index is 321. The van der Waals surface area contributed by atoms with Gasteiger partial charge in [-0.05, 0) is 30.2 Å². The van der Waals surface area contributed by atoms with Crippen LogP contribution in [0.5, 0.6) is 0 Å². The molecule has 0 N–H and O–H groups in total. The van der Waals surface area contributed by atoms with Crippen molar-refractivity contribution >= 4 is 11.8 Å². The Morgan fingerprint density at radius 3 is 2.59 bits per heavy atom. The average molecular weight is 249 g/mol. The zero-order valence-corrected chi connectivity index (χ0v) is 10.9. The molecule has 0 aliphatic rings. The molecule has 0 spiro atoms. The predicted octanol–water partition coefficient (Wildman–Crippen LogP) is 3.98. The SMILES string of the molecule is N#CSCCCCCCOCc1ccccc1. The second-order valence-corrected chi connectivity index (χ2v) is 4.77. The summed E-state index contributed by atoms with van der Waals surface area (Å²) in [5.41, 5.74) is 1.23. The first kappa shape index (κ1) is 14.1. The average Bonchev–Trinajstić information content (AvgIpc) is 2.38. The third kappa shape index (κ3) is 7.84. The zero-order chi connectivity index (χ0) is 12.2. The van der Waals surface area contributed by atoms with Crippen LogP contribution in [0, 0.1) is 10.7 Å². The highest BCUT2D eigenvalue weighted by atomic mass is 32.2. The van der Waals surface area contributed by atoms with E-state index in [-0.39, 0.29) is 0 Å². The van der Waals surface area contributed by atoms with E-state index in [1.165, 1.54) is 30.2 Å². The zero-order valence-electron chi connectivity index (χ0n) is 10.1. The van der Waals surface area contributed by atoms with Gasteiger partial charge in [0.1, 0.15) is 5.40 Å². The van der Waals surface area contributed by atoms with Crippen LogP contribution in [0.1, 0.15) is 31.2 Å². The van der Waals surface area contributed by atoms with Crippen LogP contribution in [0.15, 0.2) is 30.3 Å². The Morgan fingerprint density at radius 1 is 1.06 bits per heavy atom. The summed E-state index contributed by atoms with van der Waals surface area (Å²) in [6.07, 6.45) is 4.64. The predicted molar refractivity (Wildman–Crippen MR) is 72.6 cm³/mol. The quantitative estimate of drug-likeness (QED) is 0.490. The minimum atomic E-state index is 0.713. The summed E-state index contributed by atoms with van der Waals surface area (Å²) in [4.78, 5) is 0. The Morgan fingerprint density at radius 2 is 1.82 bits per heavy atom. The van der Waals surface area contributed by atoms with Crippen LogP contribution < -0.4 is 0 Å². The van der Waals surface area contributed by atoms with Crippen molar-refractivity contribution in [3.05, 3.63) is 35.9 Å². The number of ether oxygens (including phenoxy) is 1. The van der Waals surface area contributed by atoms with Crippen LogP contribution in [0.4, 0.5) is 0 Å². The fourth-order valence-corrected chi connectivity index (χ4v) is 1.98. The van der Waals surface area contributed by atoms with Crippen molar-refractivity contribution in [2.45, 2.75) is 32.3 Å². The van der Waals surface area contributed by atoms with E-state index in [4.69, 9.17) is 10.00 Å². The first-order chi connectivity index (χ1) is 8.43. The molecule has 0 bridgehead atoms. The number of nitriles is 1. The second-order valence-electron chi connectivity index (χ2n) is 3.89. The molecule has 0 aliphatic heterocycles. The van der Waals surface area contributed by atoms with Gasteiger partial charge in [-0.2, -0.15) is 5.26 Å². The molecule has 0 saturated carbocycles. The third-order valence-electron chi connectivity index (χ3n) is 2.46. The number of benzene rings is 1. The molecule has 92 valence electrons. The maximum atomic E-state index is 8.34. The summed E-state index contributed by atoms with van der Waals surface area (Å²) in [5.74, 6) is 0.960. The molecule has 2 nitrogen and oxygen atoms in total. The van der Waals surface area contributed by atoms with Crippen LogP contribution in [0.2, 0.25) is 0 Å². The normalized spacial score (nSPS) is 10.1. The number of hydrogen-bond donors (Lipinski definition) is 0. The number of hydrogen-bond acceptors (Lipinski definition) is 3. The highest BCUT2D eigenvalue weighted by molar-refractivity contribution is 8.03. The number of nitrogens with zero attached hydrogens (tertiary/aromatic N) is 1. The second kappa shape index (κ2) is 10.2. The lowest BCUT2D eigenvalue weighted by Crippen LogP contribution is -1.95. The van der Waals surface area contributed by atoms with Gasteiger partial charge in [0.25, 0.3) is 0 Å². The monoisotopic (exact) mass is 249 g/mol. The fraction of sp³-hybridized carbons (Fsp3) is 0.500. The summed E-state index contributed by atoms with van der Waals surface area (Å²) in [6, 6.07) is 10.2. The molecule has 0 saturated heterocycles. The smallest absolute Gasteiger partial charge is 0.133 e. The van der Waals surface area contributed by atoms with Gasteiger partial charge in [-0.1, -0.05) is 43.2 Å². The van der Waals surface area contributed by atoms with Crippen molar-refractivity contribution in [2.75, 3.05) is 12.4 Å². The standard InChI is InChI=1S/C14H19NOS/c15-13-17-11-7-2-1-6-10-16-12-14-8-4-3-5-9-14/h3-5,8-9H,1-2,6-7,10-12H2. The fourth-order valence-electron chi connectivity index (χ4n) is 1.54. The van der Waals surface area contributed by atoms with E-state index in [2.05, 4.69) is 17.5 Å². The summed E-state index contributed by atoms with van der Waals surface area (Å²) >= 11 is 1.35. The van der Waals surface area contributed by atoms with E-state index in [0.717, 1.165) is 25.2 Å². The van der Waals surface area contributed by atoms with E-state index in [0.29, 0.717) is 6.61 Å². The maximum Gasteiger partial charge on any atom is 0.133 e. The highest BCUT2D eigenvalue weighted by Gasteiger charge is 1.93. The highest BCUT2D eigenvalue weighted by Crippen LogP contribution is 2.07. The largest absolute Gasteiger partial charge is 0.377 e. The topological polar surface area (TPSA) is 33.0 Å². The summed E-state index contributed by atoms with van der Waals surface area (Å²) in [6.45, 7) is 1.55. The molecule has 0 amide bonds. The molecule has 17 heavy (non-hydrogen) atoms. The van der Waals surface area contributed by atoms with Gasteiger partial charge in [-0.25, -0.2) is 0 Å². The van der Waals surface area contributed by atoms with E-state index in [9.17, 15) is 0 Å². The Balaban J connectivity index is 1.87. The first-order valence-corrected chi connectivity index (χ1v) is 7.04. The number of thioether (sulfide) groups is 1. The van der Waals surface area contributed by atoms with E-state index in [1.54, 1.807) is 0 Å². The molecule has 0 aromatic heterocycles. The lowest BCUT2D eigenvalue weighted by Gasteiger charge is -2.04. The summed E-state index contributed by atoms with van der Waals surface area (Å²) in [7, 11) is 0. The van der Waals surface area contributed by atoms with Gasteiger partial charge in [0.15, 0.2) is 0 Å². The van der Waals surface area contributed by atoms with Gasteiger partial charge < -0.3 is 4.74 Å². The van der Waals surface area contributed by atoms with Gasteiger partial charge >= 0.3 is 0 Å². The number of rotatable bonds is 9. The van der Waals surface area contributed by atoms with Gasteiger partial charge in [0, 0.05) is 12.4 Å². The lowest BCUT2D eigenvalue weighted by atomic mass is 10.2. The molecule has 3 heteroatoms. The molecule has 0 heterocycles. The van der Waals surface area contributed by atoms with Crippen molar-refractivity contribution in [3.8, 4) is 5.40 Å². The molecule has 0 fully saturated rings. The van der Waals surface area contributed by atoms with Gasteiger partial charge in [0.05, 0.1) is 6.61 Å². The van der Waals surface area contributed by atoms with E-state index < -0.39 is 0 Å². The molecule has 0 radical (unpaired) electrons. The Labute approximate surface area is 108 Å². The molecular weight excluding hydrogens is 230 g/mol. The summed E-state index contributed by atoms with van der Waals surface area (Å²) in [5, 5.41) is 10.4. The van der Waals surface area contributed by atoms with E-state index in [1.807, 2.05) is 18.2 Å². The van der Waals surface area contributed by atoms with Crippen molar-refractivity contribution in [2.24, 2.45) is 0 Å². The molecular formula is C14H19NOS. The van der Waals surface area contributed by atoms with Crippen LogP contribution in [-0.4, -0.2) is 12.4 Å². The third-order valence-corrected chi connectivity index (χ3v) is 3.08. The van der Waals surface area contributed by atoms with Crippen LogP contribution in [-0.2, 0) is 11.3 Å². The molecule has 1 aromatic carbocycles. The van der Waals surface area contributed by atoms with Gasteiger partial charge in [-0.15, -0.1) is 0 Å². The van der Waals surface area contributed by atoms with Crippen molar-refractivity contribution in [1.82, 2.24) is 0 Å². The van der Waals surface area contributed by atoms with Gasteiger partial charge in [0.2, 0.25) is 0 Å². The van der Waals surface area contributed by atoms with Crippen molar-refractivity contribution < 1.29 is 4.74 Å². The van der Waals surface area contributed by atoms with Crippen LogP contribution in [0.3, 0.4) is 0 Å². The summed E-state index contributed by atoms with van der Waals surface area (Å²) < 4.78 is 5.59. The van der Waals surface area contributed by atoms with Crippen LogP contribution in [0.25, 0.3) is 0 Å².